The summed E-state index contributed by atoms with van der Waals surface area (Å²) in [5.41, 5.74) is 6.75. The van der Waals surface area contributed by atoms with Crippen LogP contribution in [0.25, 0.3) is 24.3 Å². The molecule has 0 spiro atoms. The third-order valence-corrected chi connectivity index (χ3v) is 5.51. The summed E-state index contributed by atoms with van der Waals surface area (Å²) in [5.74, 6) is 2.15. The Morgan fingerprint density at radius 1 is 0.656 bits per heavy atom. The monoisotopic (exact) mass is 427 g/mol. The van der Waals surface area contributed by atoms with E-state index in [1.807, 2.05) is 26.2 Å². The molecule has 0 radical (unpaired) electrons. The Labute approximate surface area is 192 Å². The Kier molecular flexibility index (Phi) is 7.77. The zero-order valence-electron chi connectivity index (χ0n) is 19.9. The summed E-state index contributed by atoms with van der Waals surface area (Å²) >= 11 is 0. The molecule has 0 aromatic heterocycles. The molecule has 3 aromatic carbocycles. The van der Waals surface area contributed by atoms with Gasteiger partial charge in [0.25, 0.3) is 0 Å². The quantitative estimate of drug-likeness (QED) is 0.354. The molecule has 0 saturated carbocycles. The first-order valence-electron chi connectivity index (χ1n) is 10.9. The van der Waals surface area contributed by atoms with Gasteiger partial charge in [-0.3, -0.25) is 0 Å². The van der Waals surface area contributed by atoms with Crippen LogP contribution < -0.4 is 14.4 Å². The molecule has 0 aliphatic rings. The number of ether oxygens (including phenoxy) is 2. The van der Waals surface area contributed by atoms with Gasteiger partial charge in [0, 0.05) is 30.9 Å². The second-order valence-electron chi connectivity index (χ2n) is 8.31. The summed E-state index contributed by atoms with van der Waals surface area (Å²) in [6, 6.07) is 21.1. The van der Waals surface area contributed by atoms with E-state index in [4.69, 9.17) is 9.47 Å². The largest absolute Gasteiger partial charge is 0.496 e. The number of rotatable bonds is 8. The van der Waals surface area contributed by atoms with Gasteiger partial charge in [-0.05, 0) is 46.9 Å². The molecule has 0 amide bonds. The number of hydrogen-bond acceptors (Lipinski definition) is 3. The van der Waals surface area contributed by atoms with Gasteiger partial charge >= 0.3 is 0 Å². The topological polar surface area (TPSA) is 21.7 Å². The number of anilines is 1. The molecule has 0 heterocycles. The van der Waals surface area contributed by atoms with E-state index in [1.54, 1.807) is 14.2 Å². The number of benzene rings is 3. The normalized spacial score (nSPS) is 11.5. The van der Waals surface area contributed by atoms with Crippen LogP contribution >= 0.6 is 0 Å². The van der Waals surface area contributed by atoms with E-state index in [1.165, 1.54) is 11.3 Å². The third-order valence-electron chi connectivity index (χ3n) is 5.51. The summed E-state index contributed by atoms with van der Waals surface area (Å²) in [7, 11) is 7.48. The number of hydrogen-bond donors (Lipinski definition) is 0. The van der Waals surface area contributed by atoms with E-state index >= 15 is 0 Å². The van der Waals surface area contributed by atoms with Crippen molar-refractivity contribution in [1.82, 2.24) is 0 Å². The van der Waals surface area contributed by atoms with Gasteiger partial charge in [0.1, 0.15) is 11.5 Å². The predicted molar refractivity (Wildman–Crippen MR) is 139 cm³/mol. The molecular weight excluding hydrogens is 394 g/mol. The lowest BCUT2D eigenvalue weighted by molar-refractivity contribution is 0.401. The van der Waals surface area contributed by atoms with Crippen molar-refractivity contribution in [2.45, 2.75) is 19.8 Å². The molecule has 3 nitrogen and oxygen atoms in total. The molecule has 0 atom stereocenters. The lowest BCUT2D eigenvalue weighted by atomic mass is 10.0. The Morgan fingerprint density at radius 3 is 1.47 bits per heavy atom. The van der Waals surface area contributed by atoms with Crippen LogP contribution in [0.4, 0.5) is 5.69 Å². The third kappa shape index (κ3) is 5.82. The van der Waals surface area contributed by atoms with Crippen molar-refractivity contribution in [3.63, 3.8) is 0 Å². The molecule has 0 unspecified atom stereocenters. The van der Waals surface area contributed by atoms with Crippen LogP contribution in [-0.2, 0) is 0 Å². The van der Waals surface area contributed by atoms with Crippen LogP contribution in [0, 0.1) is 0 Å². The Hall–Kier alpha value is -3.46. The van der Waals surface area contributed by atoms with Crippen molar-refractivity contribution in [3.8, 4) is 11.5 Å². The highest BCUT2D eigenvalue weighted by molar-refractivity contribution is 5.79. The van der Waals surface area contributed by atoms with Gasteiger partial charge in [0.05, 0.1) is 14.2 Å². The molecule has 0 aliphatic heterocycles. The van der Waals surface area contributed by atoms with Crippen molar-refractivity contribution in [2.24, 2.45) is 0 Å². The van der Waals surface area contributed by atoms with E-state index < -0.39 is 0 Å². The van der Waals surface area contributed by atoms with Crippen LogP contribution in [0.15, 0.2) is 60.7 Å². The first-order chi connectivity index (χ1) is 15.4. The highest BCUT2D eigenvalue weighted by Gasteiger charge is 2.08. The maximum Gasteiger partial charge on any atom is 0.126 e. The Morgan fingerprint density at radius 2 is 1.09 bits per heavy atom. The molecule has 3 aromatic rings. The van der Waals surface area contributed by atoms with Crippen LogP contribution in [0.1, 0.15) is 47.6 Å². The molecule has 3 rings (SSSR count). The molecule has 3 heteroatoms. The lowest BCUT2D eigenvalue weighted by Crippen LogP contribution is -2.07. The van der Waals surface area contributed by atoms with Gasteiger partial charge in [-0.2, -0.15) is 0 Å². The number of nitrogens with zero attached hydrogens (tertiary/aromatic N) is 1. The minimum Gasteiger partial charge on any atom is -0.496 e. The van der Waals surface area contributed by atoms with Crippen molar-refractivity contribution in [1.29, 1.82) is 0 Å². The first-order valence-corrected chi connectivity index (χ1v) is 10.9. The number of methoxy groups -OCH3 is 2. The fourth-order valence-electron chi connectivity index (χ4n) is 3.45. The zero-order chi connectivity index (χ0) is 23.1. The van der Waals surface area contributed by atoms with E-state index in [0.29, 0.717) is 5.92 Å². The minimum atomic E-state index is 0.531. The summed E-state index contributed by atoms with van der Waals surface area (Å²) in [6.07, 6.45) is 8.31. The summed E-state index contributed by atoms with van der Waals surface area (Å²) in [4.78, 5) is 2.09. The minimum absolute atomic E-state index is 0.531. The summed E-state index contributed by atoms with van der Waals surface area (Å²) in [5, 5.41) is 0. The molecule has 0 N–H and O–H groups in total. The average molecular weight is 428 g/mol. The van der Waals surface area contributed by atoms with Gasteiger partial charge in [-0.25, -0.2) is 0 Å². The predicted octanol–water partition coefficient (Wildman–Crippen LogP) is 7.23. The van der Waals surface area contributed by atoms with E-state index in [0.717, 1.165) is 33.8 Å². The van der Waals surface area contributed by atoms with Gasteiger partial charge in [0.2, 0.25) is 0 Å². The molecular formula is C29H33NO2. The average Bonchev–Trinajstić information content (AvgIpc) is 2.81. The van der Waals surface area contributed by atoms with E-state index in [-0.39, 0.29) is 0 Å². The standard InChI is InChI=1S/C29H33NO2/c1-21(2)24-13-7-22(8-14-24)9-15-25-19-29(32-6)26(20-28(25)31-5)16-10-23-11-17-27(18-12-23)30(3)4/h7-21H,1-6H3/b15-9+,16-10+. The van der Waals surface area contributed by atoms with Gasteiger partial charge in [0.15, 0.2) is 0 Å². The van der Waals surface area contributed by atoms with E-state index in [2.05, 4.69) is 91.6 Å². The second kappa shape index (κ2) is 10.7. The van der Waals surface area contributed by atoms with Crippen molar-refractivity contribution in [2.75, 3.05) is 33.2 Å². The molecule has 166 valence electrons. The van der Waals surface area contributed by atoms with Crippen molar-refractivity contribution < 1.29 is 9.47 Å². The summed E-state index contributed by atoms with van der Waals surface area (Å²) in [6.45, 7) is 4.41. The van der Waals surface area contributed by atoms with E-state index in [9.17, 15) is 0 Å². The zero-order valence-corrected chi connectivity index (χ0v) is 19.9. The van der Waals surface area contributed by atoms with Crippen LogP contribution in [-0.4, -0.2) is 28.3 Å². The Bertz CT molecular complexity index is 986. The summed E-state index contributed by atoms with van der Waals surface area (Å²) < 4.78 is 11.3. The second-order valence-corrected chi connectivity index (χ2v) is 8.31. The smallest absolute Gasteiger partial charge is 0.126 e. The molecule has 0 bridgehead atoms. The lowest BCUT2D eigenvalue weighted by Gasteiger charge is -2.12. The fraction of sp³-hybridized carbons (Fsp3) is 0.241. The Balaban J connectivity index is 1.85. The fourth-order valence-corrected chi connectivity index (χ4v) is 3.45. The van der Waals surface area contributed by atoms with Gasteiger partial charge in [-0.1, -0.05) is 74.5 Å². The molecule has 32 heavy (non-hydrogen) atoms. The molecule has 0 saturated heterocycles. The van der Waals surface area contributed by atoms with Crippen LogP contribution in [0.3, 0.4) is 0 Å². The molecule has 0 aliphatic carbocycles. The highest BCUT2D eigenvalue weighted by atomic mass is 16.5. The van der Waals surface area contributed by atoms with Gasteiger partial charge < -0.3 is 14.4 Å². The highest BCUT2D eigenvalue weighted by Crippen LogP contribution is 2.32. The van der Waals surface area contributed by atoms with Crippen molar-refractivity contribution >= 4 is 30.0 Å². The van der Waals surface area contributed by atoms with Crippen LogP contribution in [0.5, 0.6) is 11.5 Å². The van der Waals surface area contributed by atoms with Crippen molar-refractivity contribution in [3.05, 3.63) is 88.5 Å². The SMILES string of the molecule is COc1cc(/C=C/c2ccc(N(C)C)cc2)c(OC)cc1/C=C/c1ccc(C(C)C)cc1. The first kappa shape index (κ1) is 23.2. The van der Waals surface area contributed by atoms with Crippen LogP contribution in [0.2, 0.25) is 0 Å². The van der Waals surface area contributed by atoms with Gasteiger partial charge in [-0.15, -0.1) is 0 Å². The maximum atomic E-state index is 5.67. The molecule has 0 fully saturated rings. The maximum absolute atomic E-state index is 5.67.